The molecule has 1 atom stereocenters. The normalized spacial score (nSPS) is 17.5. The Hall–Kier alpha value is -3.04. The van der Waals surface area contributed by atoms with Gasteiger partial charge in [0, 0.05) is 16.9 Å². The molecule has 0 saturated heterocycles. The van der Waals surface area contributed by atoms with Crippen LogP contribution in [0.15, 0.2) is 90.6 Å². The van der Waals surface area contributed by atoms with Gasteiger partial charge in [-0.05, 0) is 42.0 Å². The molecule has 0 fully saturated rings. The van der Waals surface area contributed by atoms with E-state index in [1.807, 2.05) is 60.7 Å². The van der Waals surface area contributed by atoms with E-state index in [1.165, 1.54) is 0 Å². The van der Waals surface area contributed by atoms with E-state index in [1.54, 1.807) is 24.4 Å². The van der Waals surface area contributed by atoms with Crippen LogP contribution in [0.1, 0.15) is 22.0 Å². The molecule has 0 saturated carbocycles. The number of ketones is 1. The minimum absolute atomic E-state index is 0.0397. The van der Waals surface area contributed by atoms with Gasteiger partial charge in [0.1, 0.15) is 5.75 Å². The number of nitrogens with one attached hydrogen (secondary N) is 1. The van der Waals surface area contributed by atoms with Crippen molar-refractivity contribution in [2.24, 2.45) is 0 Å². The maximum Gasteiger partial charge on any atom is 0.198 e. The third kappa shape index (κ3) is 3.22. The van der Waals surface area contributed by atoms with E-state index in [-0.39, 0.29) is 5.78 Å². The zero-order valence-electron chi connectivity index (χ0n) is 13.9. The fourth-order valence-corrected chi connectivity index (χ4v) is 3.07. The summed E-state index contributed by atoms with van der Waals surface area (Å²) in [6.45, 7) is 0. The summed E-state index contributed by atoms with van der Waals surface area (Å²) in [5.74, 6) is 0.567. The second kappa shape index (κ2) is 7.06. The van der Waals surface area contributed by atoms with Crippen molar-refractivity contribution < 1.29 is 9.53 Å². The number of rotatable bonds is 3. The smallest absolute Gasteiger partial charge is 0.198 e. The molecule has 0 amide bonds. The summed E-state index contributed by atoms with van der Waals surface area (Å²) in [4.78, 5) is 13.1. The zero-order valence-corrected chi connectivity index (χ0v) is 14.6. The van der Waals surface area contributed by atoms with Crippen LogP contribution >= 0.6 is 11.6 Å². The van der Waals surface area contributed by atoms with Crippen LogP contribution < -0.4 is 10.1 Å². The first-order valence-corrected chi connectivity index (χ1v) is 8.67. The topological polar surface area (TPSA) is 38.3 Å². The Morgan fingerprint density at radius 3 is 2.35 bits per heavy atom. The van der Waals surface area contributed by atoms with Crippen molar-refractivity contribution in [3.63, 3.8) is 0 Å². The highest BCUT2D eigenvalue weighted by Crippen LogP contribution is 2.38. The average molecular weight is 362 g/mol. The third-order valence-electron chi connectivity index (χ3n) is 4.26. The summed E-state index contributed by atoms with van der Waals surface area (Å²) in [6, 6.07) is 24.4. The molecule has 1 unspecified atom stereocenters. The average Bonchev–Trinajstić information content (AvgIpc) is 2.69. The molecule has 0 aliphatic carbocycles. The van der Waals surface area contributed by atoms with Crippen LogP contribution in [0.25, 0.3) is 0 Å². The molecule has 1 N–H and O–H groups in total. The predicted molar refractivity (Wildman–Crippen MR) is 104 cm³/mol. The quantitative estimate of drug-likeness (QED) is 0.612. The molecule has 3 nitrogen and oxygen atoms in total. The number of hydrogen-bond donors (Lipinski definition) is 1. The summed E-state index contributed by atoms with van der Waals surface area (Å²) in [5, 5.41) is 3.84. The van der Waals surface area contributed by atoms with Crippen molar-refractivity contribution >= 4 is 23.1 Å². The van der Waals surface area contributed by atoms with E-state index in [0.717, 1.165) is 11.3 Å². The lowest BCUT2D eigenvalue weighted by atomic mass is 9.91. The van der Waals surface area contributed by atoms with Gasteiger partial charge in [0.05, 0.1) is 11.1 Å². The van der Waals surface area contributed by atoms with Gasteiger partial charge in [-0.15, -0.1) is 0 Å². The van der Waals surface area contributed by atoms with Crippen LogP contribution in [0.2, 0.25) is 5.02 Å². The minimum atomic E-state index is -0.460. The molecule has 0 bridgehead atoms. The van der Waals surface area contributed by atoms with Gasteiger partial charge in [0.2, 0.25) is 0 Å². The number of ether oxygens (including phenoxy) is 1. The fourth-order valence-electron chi connectivity index (χ4n) is 2.95. The van der Waals surface area contributed by atoms with Gasteiger partial charge in [-0.1, -0.05) is 54.1 Å². The van der Waals surface area contributed by atoms with Gasteiger partial charge in [-0.2, -0.15) is 0 Å². The van der Waals surface area contributed by atoms with Crippen LogP contribution in [0.4, 0.5) is 5.69 Å². The van der Waals surface area contributed by atoms with Gasteiger partial charge >= 0.3 is 0 Å². The Bertz CT molecular complexity index is 965. The molecule has 1 heterocycles. The highest BCUT2D eigenvalue weighted by atomic mass is 35.5. The van der Waals surface area contributed by atoms with E-state index in [4.69, 9.17) is 16.3 Å². The van der Waals surface area contributed by atoms with Crippen molar-refractivity contribution in [3.05, 3.63) is 107 Å². The lowest BCUT2D eigenvalue weighted by Crippen LogP contribution is -2.24. The second-order valence-electron chi connectivity index (χ2n) is 5.98. The van der Waals surface area contributed by atoms with Gasteiger partial charge in [0.15, 0.2) is 11.9 Å². The molecule has 1 aliphatic rings. The molecule has 4 rings (SSSR count). The fraction of sp³-hybridized carbons (Fsp3) is 0.0455. The third-order valence-corrected chi connectivity index (χ3v) is 4.51. The SMILES string of the molecule is O=C1/C(=C\Nc2ccc(Cl)cc2)C(c2ccccc2)Oc2ccccc21. The summed E-state index contributed by atoms with van der Waals surface area (Å²) in [7, 11) is 0. The Labute approximate surface area is 156 Å². The zero-order chi connectivity index (χ0) is 17.9. The number of fused-ring (bicyclic) bond motifs is 1. The highest BCUT2D eigenvalue weighted by molar-refractivity contribution is 6.30. The maximum atomic E-state index is 13.1. The van der Waals surface area contributed by atoms with Gasteiger partial charge < -0.3 is 10.1 Å². The summed E-state index contributed by atoms with van der Waals surface area (Å²) in [5.41, 5.74) is 2.91. The summed E-state index contributed by atoms with van der Waals surface area (Å²) in [6.07, 6.45) is 1.26. The predicted octanol–water partition coefficient (Wildman–Crippen LogP) is 5.65. The molecule has 128 valence electrons. The molecule has 0 aromatic heterocycles. The van der Waals surface area contributed by atoms with Crippen LogP contribution in [-0.4, -0.2) is 5.78 Å². The van der Waals surface area contributed by atoms with E-state index in [2.05, 4.69) is 5.32 Å². The first-order chi connectivity index (χ1) is 12.7. The largest absolute Gasteiger partial charge is 0.480 e. The van der Waals surface area contributed by atoms with E-state index >= 15 is 0 Å². The molecule has 26 heavy (non-hydrogen) atoms. The lowest BCUT2D eigenvalue weighted by Gasteiger charge is -2.28. The van der Waals surface area contributed by atoms with Gasteiger partial charge in [-0.25, -0.2) is 0 Å². The van der Waals surface area contributed by atoms with E-state index in [0.29, 0.717) is 21.9 Å². The number of benzene rings is 3. The molecular formula is C22H16ClNO2. The minimum Gasteiger partial charge on any atom is -0.480 e. The molecular weight excluding hydrogens is 346 g/mol. The van der Waals surface area contributed by atoms with Crippen molar-refractivity contribution in [2.45, 2.75) is 6.10 Å². The van der Waals surface area contributed by atoms with Crippen LogP contribution in [0.3, 0.4) is 0 Å². The Morgan fingerprint density at radius 1 is 0.885 bits per heavy atom. The first-order valence-electron chi connectivity index (χ1n) is 8.30. The number of carbonyl (C=O) groups is 1. The number of anilines is 1. The van der Waals surface area contributed by atoms with Crippen molar-refractivity contribution in [3.8, 4) is 5.75 Å². The summed E-state index contributed by atoms with van der Waals surface area (Å²) < 4.78 is 6.16. The van der Waals surface area contributed by atoms with Crippen molar-refractivity contribution in [1.82, 2.24) is 0 Å². The highest BCUT2D eigenvalue weighted by Gasteiger charge is 2.32. The van der Waals surface area contributed by atoms with Gasteiger partial charge in [0.25, 0.3) is 0 Å². The molecule has 0 radical (unpaired) electrons. The number of halogens is 1. The Morgan fingerprint density at radius 2 is 1.58 bits per heavy atom. The van der Waals surface area contributed by atoms with Crippen molar-refractivity contribution in [1.29, 1.82) is 0 Å². The summed E-state index contributed by atoms with van der Waals surface area (Å²) >= 11 is 5.93. The molecule has 0 spiro atoms. The van der Waals surface area contributed by atoms with Gasteiger partial charge in [-0.3, -0.25) is 4.79 Å². The number of carbonyl (C=O) groups excluding carboxylic acids is 1. The monoisotopic (exact) mass is 361 g/mol. The van der Waals surface area contributed by atoms with Crippen LogP contribution in [0, 0.1) is 0 Å². The Balaban J connectivity index is 1.74. The number of para-hydroxylation sites is 1. The van der Waals surface area contributed by atoms with Crippen LogP contribution in [-0.2, 0) is 0 Å². The number of hydrogen-bond acceptors (Lipinski definition) is 3. The first kappa shape index (κ1) is 16.4. The molecule has 3 aromatic carbocycles. The maximum absolute atomic E-state index is 13.1. The molecule has 1 aliphatic heterocycles. The van der Waals surface area contributed by atoms with E-state index in [9.17, 15) is 4.79 Å². The molecule has 3 aromatic rings. The second-order valence-corrected chi connectivity index (χ2v) is 6.42. The van der Waals surface area contributed by atoms with Crippen LogP contribution in [0.5, 0.6) is 5.75 Å². The van der Waals surface area contributed by atoms with E-state index < -0.39 is 6.10 Å². The standard InChI is InChI=1S/C22H16ClNO2/c23-16-10-12-17(13-11-16)24-14-19-21(25)18-8-4-5-9-20(18)26-22(19)15-6-2-1-3-7-15/h1-14,22,24H/b19-14+. The molecule has 4 heteroatoms. The Kier molecular flexibility index (Phi) is 4.46. The number of Topliss-reactive ketones (excluding diaryl/α,β-unsaturated/α-hetero) is 1. The van der Waals surface area contributed by atoms with Crippen molar-refractivity contribution in [2.75, 3.05) is 5.32 Å². The lowest BCUT2D eigenvalue weighted by molar-refractivity contribution is 0.0961.